The van der Waals surface area contributed by atoms with Crippen LogP contribution in [-0.2, 0) is 11.3 Å². The number of hydrogen-bond donors (Lipinski definition) is 0. The van der Waals surface area contributed by atoms with Crippen LogP contribution in [0.15, 0.2) is 24.3 Å². The minimum Gasteiger partial charge on any atom is -0.465 e. The maximum Gasteiger partial charge on any atom is 0.337 e. The highest BCUT2D eigenvalue weighted by Gasteiger charge is 2.31. The van der Waals surface area contributed by atoms with E-state index in [9.17, 15) is 4.79 Å². The van der Waals surface area contributed by atoms with Crippen molar-refractivity contribution >= 4 is 5.97 Å². The van der Waals surface area contributed by atoms with E-state index in [2.05, 4.69) is 20.2 Å². The van der Waals surface area contributed by atoms with E-state index in [1.165, 1.54) is 38.4 Å². The van der Waals surface area contributed by atoms with Gasteiger partial charge in [0.25, 0.3) is 0 Å². The average Bonchev–Trinajstić information content (AvgIpc) is 2.92. The highest BCUT2D eigenvalue weighted by Crippen LogP contribution is 2.28. The number of quaternary nitrogens is 1. The van der Waals surface area contributed by atoms with E-state index in [1.54, 1.807) is 0 Å². The van der Waals surface area contributed by atoms with Gasteiger partial charge in [-0.25, -0.2) is 4.79 Å². The minimum atomic E-state index is -0.256. The standard InChI is InChI=1S/C16H24NO2/c1-17(2,15-9-4-5-10-15)12-13-7-6-8-14(11-13)16(18)19-3/h6-8,11,15H,4-5,9-10,12H2,1-3H3/q+1. The van der Waals surface area contributed by atoms with E-state index in [4.69, 9.17) is 4.74 Å². The number of hydrogen-bond acceptors (Lipinski definition) is 2. The van der Waals surface area contributed by atoms with Crippen LogP contribution in [0.3, 0.4) is 0 Å². The summed E-state index contributed by atoms with van der Waals surface area (Å²) in [5.74, 6) is -0.256. The molecule has 0 amide bonds. The number of carbonyl (C=O) groups is 1. The van der Waals surface area contributed by atoms with E-state index < -0.39 is 0 Å². The fourth-order valence-corrected chi connectivity index (χ4v) is 3.12. The van der Waals surface area contributed by atoms with Gasteiger partial charge in [0.15, 0.2) is 0 Å². The van der Waals surface area contributed by atoms with Gasteiger partial charge in [-0.05, 0) is 37.8 Å². The van der Waals surface area contributed by atoms with Gasteiger partial charge < -0.3 is 9.22 Å². The summed E-state index contributed by atoms with van der Waals surface area (Å²) in [6, 6.07) is 8.56. The highest BCUT2D eigenvalue weighted by molar-refractivity contribution is 5.89. The van der Waals surface area contributed by atoms with Crippen LogP contribution in [0.5, 0.6) is 0 Å². The molecule has 0 radical (unpaired) electrons. The molecule has 1 aromatic carbocycles. The van der Waals surface area contributed by atoms with Crippen LogP contribution >= 0.6 is 0 Å². The van der Waals surface area contributed by atoms with Crippen molar-refractivity contribution in [1.82, 2.24) is 0 Å². The van der Waals surface area contributed by atoms with Crippen molar-refractivity contribution in [1.29, 1.82) is 0 Å². The first-order valence-electron chi connectivity index (χ1n) is 7.03. The van der Waals surface area contributed by atoms with Gasteiger partial charge in [-0.3, -0.25) is 0 Å². The van der Waals surface area contributed by atoms with Crippen molar-refractivity contribution < 1.29 is 14.0 Å². The van der Waals surface area contributed by atoms with Gasteiger partial charge in [0, 0.05) is 5.56 Å². The molecule has 3 nitrogen and oxygen atoms in total. The van der Waals surface area contributed by atoms with Crippen LogP contribution in [0.2, 0.25) is 0 Å². The van der Waals surface area contributed by atoms with Crippen molar-refractivity contribution in [3.63, 3.8) is 0 Å². The first-order valence-corrected chi connectivity index (χ1v) is 7.03. The highest BCUT2D eigenvalue weighted by atomic mass is 16.5. The molecule has 1 aliphatic carbocycles. The summed E-state index contributed by atoms with van der Waals surface area (Å²) in [6.45, 7) is 0.968. The maximum atomic E-state index is 11.6. The quantitative estimate of drug-likeness (QED) is 0.616. The average molecular weight is 262 g/mol. The Balaban J connectivity index is 2.11. The van der Waals surface area contributed by atoms with E-state index in [-0.39, 0.29) is 5.97 Å². The van der Waals surface area contributed by atoms with Crippen LogP contribution in [-0.4, -0.2) is 37.7 Å². The summed E-state index contributed by atoms with van der Waals surface area (Å²) in [7, 11) is 6.01. The summed E-state index contributed by atoms with van der Waals surface area (Å²) < 4.78 is 5.78. The first-order chi connectivity index (χ1) is 9.03. The fraction of sp³-hybridized carbons (Fsp3) is 0.562. The molecule has 3 heteroatoms. The second-order valence-corrected chi connectivity index (χ2v) is 6.07. The molecule has 0 aromatic heterocycles. The SMILES string of the molecule is COC(=O)c1cccc(C[N+](C)(C)C2CCCC2)c1. The summed E-state index contributed by atoms with van der Waals surface area (Å²) in [6.07, 6.45) is 5.36. The molecular weight excluding hydrogens is 238 g/mol. The third kappa shape index (κ3) is 3.35. The van der Waals surface area contributed by atoms with E-state index >= 15 is 0 Å². The van der Waals surface area contributed by atoms with E-state index in [1.807, 2.05) is 18.2 Å². The second kappa shape index (κ2) is 5.74. The molecule has 1 fully saturated rings. The second-order valence-electron chi connectivity index (χ2n) is 6.07. The fourth-order valence-electron chi connectivity index (χ4n) is 3.12. The Morgan fingerprint density at radius 2 is 2.00 bits per heavy atom. The Bertz CT molecular complexity index is 448. The Hall–Kier alpha value is -1.35. The lowest BCUT2D eigenvalue weighted by Crippen LogP contribution is -2.46. The van der Waals surface area contributed by atoms with Crippen molar-refractivity contribution in [2.24, 2.45) is 0 Å². The van der Waals surface area contributed by atoms with Crippen LogP contribution in [0.1, 0.15) is 41.6 Å². The van der Waals surface area contributed by atoms with Gasteiger partial charge in [0.2, 0.25) is 0 Å². The number of methoxy groups -OCH3 is 1. The molecule has 0 bridgehead atoms. The van der Waals surface area contributed by atoms with Gasteiger partial charge in [-0.15, -0.1) is 0 Å². The number of carbonyl (C=O) groups excluding carboxylic acids is 1. The lowest BCUT2D eigenvalue weighted by molar-refractivity contribution is -0.927. The molecule has 0 saturated heterocycles. The topological polar surface area (TPSA) is 26.3 Å². The normalized spacial score (nSPS) is 16.6. The number of esters is 1. The van der Waals surface area contributed by atoms with Crippen LogP contribution < -0.4 is 0 Å². The van der Waals surface area contributed by atoms with Gasteiger partial charge in [-0.2, -0.15) is 0 Å². The third-order valence-electron chi connectivity index (χ3n) is 4.25. The molecular formula is C16H24NO2+. The van der Waals surface area contributed by atoms with Gasteiger partial charge in [0.1, 0.15) is 6.54 Å². The monoisotopic (exact) mass is 262 g/mol. The molecule has 0 atom stereocenters. The largest absolute Gasteiger partial charge is 0.465 e. The predicted octanol–water partition coefficient (Wildman–Crippen LogP) is 2.99. The van der Waals surface area contributed by atoms with Crippen molar-refractivity contribution in [2.45, 2.75) is 38.3 Å². The van der Waals surface area contributed by atoms with Crippen molar-refractivity contribution in [3.8, 4) is 0 Å². The summed E-state index contributed by atoms with van der Waals surface area (Å²) in [4.78, 5) is 11.6. The number of nitrogens with zero attached hydrogens (tertiary/aromatic N) is 1. The van der Waals surface area contributed by atoms with Gasteiger partial charge >= 0.3 is 5.97 Å². The molecule has 0 aliphatic heterocycles. The van der Waals surface area contributed by atoms with Crippen LogP contribution in [0, 0.1) is 0 Å². The van der Waals surface area contributed by atoms with Crippen LogP contribution in [0.4, 0.5) is 0 Å². The third-order valence-corrected chi connectivity index (χ3v) is 4.25. The maximum absolute atomic E-state index is 11.6. The molecule has 1 aromatic rings. The van der Waals surface area contributed by atoms with Crippen molar-refractivity contribution in [2.75, 3.05) is 21.2 Å². The minimum absolute atomic E-state index is 0.256. The first kappa shape index (κ1) is 14.1. The Kier molecular flexibility index (Phi) is 4.25. The number of ether oxygens (including phenoxy) is 1. The molecule has 0 spiro atoms. The summed E-state index contributed by atoms with van der Waals surface area (Å²) in [5.41, 5.74) is 1.85. The number of rotatable bonds is 4. The predicted molar refractivity (Wildman–Crippen MR) is 75.8 cm³/mol. The smallest absolute Gasteiger partial charge is 0.337 e. The zero-order valence-electron chi connectivity index (χ0n) is 12.2. The molecule has 0 N–H and O–H groups in total. The zero-order chi connectivity index (χ0) is 13.9. The molecule has 0 unspecified atom stereocenters. The molecule has 19 heavy (non-hydrogen) atoms. The molecule has 1 saturated carbocycles. The Morgan fingerprint density at radius 1 is 1.32 bits per heavy atom. The molecule has 104 valence electrons. The number of benzene rings is 1. The molecule has 0 heterocycles. The lowest BCUT2D eigenvalue weighted by atomic mass is 10.1. The molecule has 1 aliphatic rings. The van der Waals surface area contributed by atoms with Gasteiger partial charge in [0.05, 0.1) is 32.8 Å². The van der Waals surface area contributed by atoms with E-state index in [0.29, 0.717) is 5.56 Å². The Morgan fingerprint density at radius 3 is 2.63 bits per heavy atom. The molecule has 2 rings (SSSR count). The summed E-state index contributed by atoms with van der Waals surface area (Å²) >= 11 is 0. The van der Waals surface area contributed by atoms with Crippen molar-refractivity contribution in [3.05, 3.63) is 35.4 Å². The lowest BCUT2D eigenvalue weighted by Gasteiger charge is -2.36. The zero-order valence-corrected chi connectivity index (χ0v) is 12.2. The van der Waals surface area contributed by atoms with Crippen LogP contribution in [0.25, 0.3) is 0 Å². The van der Waals surface area contributed by atoms with E-state index in [0.717, 1.165) is 17.1 Å². The van der Waals surface area contributed by atoms with Gasteiger partial charge in [-0.1, -0.05) is 12.1 Å². The Labute approximate surface area is 115 Å². The summed E-state index contributed by atoms with van der Waals surface area (Å²) in [5, 5.41) is 0.